The Balaban J connectivity index is 2.50. The maximum absolute atomic E-state index is 12.7. The molecule has 1 rings (SSSR count). The van der Waals surface area contributed by atoms with Gasteiger partial charge in [-0.1, -0.05) is 0 Å². The summed E-state index contributed by atoms with van der Waals surface area (Å²) in [4.78, 5) is 94.6. The molecule has 0 spiro atoms. The number of imide groups is 1. The van der Waals surface area contributed by atoms with Gasteiger partial charge in [-0.3, -0.25) is 43.3 Å². The number of nitrogens with zero attached hydrogens (tertiary/aromatic N) is 1. The summed E-state index contributed by atoms with van der Waals surface area (Å²) in [5.41, 5.74) is 5.37. The standard InChI is InChI=1S/C24H35N5O13S/c25-14(24(39)40)1-2-18(31)28-15(22(37)27-12-21(35)36)13-43-16-11-19(32)29(23(16)38)6-3-17(30)26-5-8-42-10-9-41-7-4-20(33)34/h11,14-15H,1-10,12-13,25H2,(H,26,30)(H,27,37)(H,28,31)(H,33,34)(H,35,36)(H,39,40). The van der Waals surface area contributed by atoms with Crippen molar-refractivity contribution in [1.82, 2.24) is 20.9 Å². The molecule has 0 bridgehead atoms. The van der Waals surface area contributed by atoms with E-state index in [0.717, 1.165) is 22.7 Å². The van der Waals surface area contributed by atoms with Crippen molar-refractivity contribution >= 4 is 59.2 Å². The van der Waals surface area contributed by atoms with Crippen molar-refractivity contribution in [3.63, 3.8) is 0 Å². The Morgan fingerprint density at radius 3 is 2.19 bits per heavy atom. The Morgan fingerprint density at radius 1 is 0.884 bits per heavy atom. The number of thioether (sulfide) groups is 1. The van der Waals surface area contributed by atoms with E-state index in [2.05, 4.69) is 16.0 Å². The molecule has 1 heterocycles. The lowest BCUT2D eigenvalue weighted by molar-refractivity contribution is -0.139. The highest BCUT2D eigenvalue weighted by molar-refractivity contribution is 8.04. The first kappa shape index (κ1) is 37.0. The largest absolute Gasteiger partial charge is 0.481 e. The molecule has 43 heavy (non-hydrogen) atoms. The molecule has 0 radical (unpaired) electrons. The van der Waals surface area contributed by atoms with Gasteiger partial charge >= 0.3 is 17.9 Å². The predicted molar refractivity (Wildman–Crippen MR) is 146 cm³/mol. The van der Waals surface area contributed by atoms with Crippen molar-refractivity contribution in [2.75, 3.05) is 51.8 Å². The van der Waals surface area contributed by atoms with Gasteiger partial charge in [-0.15, -0.1) is 11.8 Å². The van der Waals surface area contributed by atoms with Crippen molar-refractivity contribution in [3.05, 3.63) is 11.0 Å². The van der Waals surface area contributed by atoms with E-state index in [4.69, 9.17) is 30.5 Å². The van der Waals surface area contributed by atoms with E-state index in [1.54, 1.807) is 0 Å². The molecule has 0 aromatic carbocycles. The second-order valence-corrected chi connectivity index (χ2v) is 9.86. The first-order valence-electron chi connectivity index (χ1n) is 12.9. The summed E-state index contributed by atoms with van der Waals surface area (Å²) in [6.07, 6.45) is 0.127. The third kappa shape index (κ3) is 15.7. The number of nitrogens with two attached hydrogens (primary N) is 1. The number of carbonyl (C=O) groups is 8. The van der Waals surface area contributed by atoms with Crippen LogP contribution in [0.5, 0.6) is 0 Å². The highest BCUT2D eigenvalue weighted by Gasteiger charge is 2.33. The van der Waals surface area contributed by atoms with Gasteiger partial charge in [0, 0.05) is 37.8 Å². The third-order valence-corrected chi connectivity index (χ3v) is 6.51. The number of rotatable bonds is 23. The average molecular weight is 634 g/mol. The van der Waals surface area contributed by atoms with E-state index in [-0.39, 0.29) is 75.9 Å². The molecule has 1 aliphatic heterocycles. The zero-order valence-corrected chi connectivity index (χ0v) is 23.9. The molecule has 18 nitrogen and oxygen atoms in total. The maximum Gasteiger partial charge on any atom is 0.322 e. The molecular formula is C24H35N5O13S. The molecule has 0 aromatic heterocycles. The quantitative estimate of drug-likeness (QED) is 0.0432. The molecule has 5 amide bonds. The number of nitrogens with one attached hydrogen (secondary N) is 3. The Labute approximate surface area is 249 Å². The van der Waals surface area contributed by atoms with Crippen molar-refractivity contribution in [2.24, 2.45) is 5.73 Å². The molecular weight excluding hydrogens is 598 g/mol. The number of amides is 5. The summed E-state index contributed by atoms with van der Waals surface area (Å²) in [7, 11) is 0. The fourth-order valence-electron chi connectivity index (χ4n) is 3.16. The van der Waals surface area contributed by atoms with Crippen molar-refractivity contribution in [3.8, 4) is 0 Å². The minimum absolute atomic E-state index is 0.0590. The second-order valence-electron chi connectivity index (χ2n) is 8.80. The lowest BCUT2D eigenvalue weighted by atomic mass is 10.1. The van der Waals surface area contributed by atoms with Crippen LogP contribution in [0.2, 0.25) is 0 Å². The smallest absolute Gasteiger partial charge is 0.322 e. The van der Waals surface area contributed by atoms with E-state index in [9.17, 15) is 38.4 Å². The van der Waals surface area contributed by atoms with Crippen LogP contribution in [0, 0.1) is 0 Å². The number of hydrogen-bond acceptors (Lipinski definition) is 12. The van der Waals surface area contributed by atoms with Gasteiger partial charge in [0.05, 0.1) is 37.8 Å². The van der Waals surface area contributed by atoms with Gasteiger partial charge in [-0.25, -0.2) is 0 Å². The number of carboxylic acid groups (broad SMARTS) is 3. The molecule has 2 unspecified atom stereocenters. The van der Waals surface area contributed by atoms with E-state index >= 15 is 0 Å². The van der Waals surface area contributed by atoms with E-state index in [0.29, 0.717) is 0 Å². The van der Waals surface area contributed by atoms with Crippen molar-refractivity contribution in [1.29, 1.82) is 0 Å². The van der Waals surface area contributed by atoms with Gasteiger partial charge in [0.15, 0.2) is 0 Å². The summed E-state index contributed by atoms with van der Waals surface area (Å²) in [6, 6.07) is -2.64. The molecule has 1 aliphatic rings. The molecule has 2 atom stereocenters. The second kappa shape index (κ2) is 19.9. The highest BCUT2D eigenvalue weighted by atomic mass is 32.2. The molecule has 0 saturated heterocycles. The van der Waals surface area contributed by atoms with Crippen LogP contribution in [0.3, 0.4) is 0 Å². The van der Waals surface area contributed by atoms with E-state index in [1.165, 1.54) is 0 Å². The number of hydrogen-bond donors (Lipinski definition) is 7. The van der Waals surface area contributed by atoms with Crippen LogP contribution in [-0.4, -0.2) is 132 Å². The highest BCUT2D eigenvalue weighted by Crippen LogP contribution is 2.25. The molecule has 0 aliphatic carbocycles. The van der Waals surface area contributed by atoms with Gasteiger partial charge in [-0.2, -0.15) is 0 Å². The normalized spacial score (nSPS) is 14.1. The molecule has 19 heteroatoms. The lowest BCUT2D eigenvalue weighted by Crippen LogP contribution is -2.49. The fourth-order valence-corrected chi connectivity index (χ4v) is 4.16. The molecule has 0 saturated carbocycles. The molecule has 8 N–H and O–H groups in total. The number of ether oxygens (including phenoxy) is 2. The SMILES string of the molecule is NC(CCC(=O)NC(CSC1=CC(=O)N(CCC(=O)NCCOCCOCCC(=O)O)C1=O)C(=O)NCC(=O)O)C(=O)O. The Kier molecular flexibility index (Phi) is 17.1. The van der Waals surface area contributed by atoms with Crippen LogP contribution in [-0.2, 0) is 47.8 Å². The summed E-state index contributed by atoms with van der Waals surface area (Å²) in [5.74, 6) is -7.40. The predicted octanol–water partition coefficient (Wildman–Crippen LogP) is -3.14. The number of carboxylic acids is 3. The topological polar surface area (TPSA) is 281 Å². The zero-order valence-electron chi connectivity index (χ0n) is 23.1. The Hall–Kier alpha value is -4.07. The summed E-state index contributed by atoms with van der Waals surface area (Å²) >= 11 is 0.754. The van der Waals surface area contributed by atoms with Crippen LogP contribution in [0.25, 0.3) is 0 Å². The van der Waals surface area contributed by atoms with Gasteiger partial charge < -0.3 is 46.5 Å². The van der Waals surface area contributed by atoms with Gasteiger partial charge in [-0.05, 0) is 6.42 Å². The number of aliphatic carboxylic acids is 3. The Morgan fingerprint density at radius 2 is 1.56 bits per heavy atom. The van der Waals surface area contributed by atoms with Gasteiger partial charge in [0.2, 0.25) is 17.7 Å². The summed E-state index contributed by atoms with van der Waals surface area (Å²) in [6.45, 7) is -0.227. The third-order valence-electron chi connectivity index (χ3n) is 5.41. The van der Waals surface area contributed by atoms with Crippen molar-refractivity contribution in [2.45, 2.75) is 37.8 Å². The van der Waals surface area contributed by atoms with Crippen LogP contribution in [0.15, 0.2) is 11.0 Å². The first-order valence-corrected chi connectivity index (χ1v) is 13.9. The maximum atomic E-state index is 12.7. The monoisotopic (exact) mass is 633 g/mol. The minimum Gasteiger partial charge on any atom is -0.481 e. The lowest BCUT2D eigenvalue weighted by Gasteiger charge is -2.19. The van der Waals surface area contributed by atoms with Crippen LogP contribution >= 0.6 is 11.8 Å². The Bertz CT molecular complexity index is 1080. The van der Waals surface area contributed by atoms with Gasteiger partial charge in [0.25, 0.3) is 11.8 Å². The average Bonchev–Trinajstić information content (AvgIpc) is 3.21. The molecule has 0 fully saturated rings. The summed E-state index contributed by atoms with van der Waals surface area (Å²) in [5, 5.41) is 33.1. The van der Waals surface area contributed by atoms with Crippen LogP contribution in [0.1, 0.15) is 25.7 Å². The van der Waals surface area contributed by atoms with Gasteiger partial charge in [0.1, 0.15) is 18.6 Å². The molecule has 240 valence electrons. The number of carbonyl (C=O) groups excluding carboxylic acids is 5. The summed E-state index contributed by atoms with van der Waals surface area (Å²) < 4.78 is 10.3. The van der Waals surface area contributed by atoms with Crippen LogP contribution in [0.4, 0.5) is 0 Å². The zero-order chi connectivity index (χ0) is 32.4. The van der Waals surface area contributed by atoms with Crippen LogP contribution < -0.4 is 21.7 Å². The van der Waals surface area contributed by atoms with E-state index < -0.39 is 66.1 Å². The fraction of sp³-hybridized carbons (Fsp3) is 0.583. The minimum atomic E-state index is -1.34. The van der Waals surface area contributed by atoms with Crippen molar-refractivity contribution < 1.29 is 63.1 Å². The first-order chi connectivity index (χ1) is 20.3. The molecule has 0 aromatic rings. The van der Waals surface area contributed by atoms with E-state index in [1.807, 2.05) is 0 Å².